The second-order valence-electron chi connectivity index (χ2n) is 3.88. The first-order chi connectivity index (χ1) is 9.33. The van der Waals surface area contributed by atoms with Crippen molar-refractivity contribution in [3.8, 4) is 10.9 Å². The maximum absolute atomic E-state index is 5.79. The zero-order chi connectivity index (χ0) is 13.5. The monoisotopic (exact) mass is 275 g/mol. The highest BCUT2D eigenvalue weighted by Gasteiger charge is 2.07. The van der Waals surface area contributed by atoms with Gasteiger partial charge < -0.3 is 10.1 Å². The molecule has 0 aliphatic rings. The fourth-order valence-electron chi connectivity index (χ4n) is 1.57. The van der Waals surface area contributed by atoms with Gasteiger partial charge in [-0.15, -0.1) is 5.10 Å². The van der Waals surface area contributed by atoms with Crippen LogP contribution in [0.4, 0.5) is 0 Å². The zero-order valence-corrected chi connectivity index (χ0v) is 11.9. The third-order valence-electron chi connectivity index (χ3n) is 2.44. The lowest BCUT2D eigenvalue weighted by Gasteiger charge is -2.04. The van der Waals surface area contributed by atoms with E-state index in [0.29, 0.717) is 5.19 Å². The fraction of sp³-hybridized carbons (Fsp3) is 0.286. The number of rotatable bonds is 6. The molecule has 0 radical (unpaired) electrons. The van der Waals surface area contributed by atoms with Crippen molar-refractivity contribution in [2.75, 3.05) is 6.54 Å². The number of allylic oxidation sites excluding steroid dienone is 1. The third kappa shape index (κ3) is 3.87. The molecule has 0 aliphatic heterocycles. The lowest BCUT2D eigenvalue weighted by molar-refractivity contribution is 0.472. The van der Waals surface area contributed by atoms with Crippen molar-refractivity contribution in [1.82, 2.24) is 15.5 Å². The van der Waals surface area contributed by atoms with Gasteiger partial charge in [0.2, 0.25) is 0 Å². The van der Waals surface area contributed by atoms with E-state index in [1.54, 1.807) is 0 Å². The quantitative estimate of drug-likeness (QED) is 0.877. The molecule has 0 saturated carbocycles. The van der Waals surface area contributed by atoms with E-state index in [9.17, 15) is 0 Å². The van der Waals surface area contributed by atoms with Crippen molar-refractivity contribution in [3.05, 3.63) is 40.9 Å². The summed E-state index contributed by atoms with van der Waals surface area (Å²) in [5, 5.41) is 12.9. The number of benzene rings is 1. The fourth-order valence-corrected chi connectivity index (χ4v) is 2.24. The van der Waals surface area contributed by atoms with Gasteiger partial charge in [0.25, 0.3) is 5.19 Å². The zero-order valence-electron chi connectivity index (χ0n) is 11.1. The van der Waals surface area contributed by atoms with Crippen LogP contribution in [0.1, 0.15) is 24.4 Å². The number of nitrogens with one attached hydrogen (secondary N) is 1. The van der Waals surface area contributed by atoms with Crippen molar-refractivity contribution >= 4 is 17.4 Å². The lowest BCUT2D eigenvalue weighted by atomic mass is 10.2. The van der Waals surface area contributed by atoms with E-state index >= 15 is 0 Å². The van der Waals surface area contributed by atoms with E-state index in [1.807, 2.05) is 43.3 Å². The summed E-state index contributed by atoms with van der Waals surface area (Å²) in [5.74, 6) is 0.798. The summed E-state index contributed by atoms with van der Waals surface area (Å²) in [6.45, 7) is 5.69. The van der Waals surface area contributed by atoms with Crippen LogP contribution in [0.25, 0.3) is 6.08 Å². The predicted octanol–water partition coefficient (Wildman–Crippen LogP) is 3.47. The minimum absolute atomic E-state index is 0.574. The highest BCUT2D eigenvalue weighted by molar-refractivity contribution is 7.13. The maximum Gasteiger partial charge on any atom is 0.299 e. The molecule has 1 heterocycles. The molecule has 0 atom stereocenters. The Morgan fingerprint density at radius 2 is 2.16 bits per heavy atom. The Kier molecular flexibility index (Phi) is 5.06. The largest absolute Gasteiger partial charge is 0.429 e. The summed E-state index contributed by atoms with van der Waals surface area (Å²) >= 11 is 1.46. The molecule has 2 rings (SSSR count). The SMILES string of the molecule is C/C=C/c1ccccc1Oc1nnc(CNCC)s1. The van der Waals surface area contributed by atoms with E-state index in [2.05, 4.69) is 22.4 Å². The van der Waals surface area contributed by atoms with Gasteiger partial charge in [0.15, 0.2) is 0 Å². The van der Waals surface area contributed by atoms with Crippen LogP contribution in [0.2, 0.25) is 0 Å². The molecule has 2 aromatic rings. The number of para-hydroxylation sites is 1. The molecule has 0 fully saturated rings. The summed E-state index contributed by atoms with van der Waals surface area (Å²) in [7, 11) is 0. The Morgan fingerprint density at radius 3 is 2.95 bits per heavy atom. The number of aromatic nitrogens is 2. The molecule has 0 saturated heterocycles. The van der Waals surface area contributed by atoms with Crippen LogP contribution in [0.5, 0.6) is 10.9 Å². The smallest absolute Gasteiger partial charge is 0.299 e. The number of ether oxygens (including phenoxy) is 1. The number of hydrogen-bond donors (Lipinski definition) is 1. The van der Waals surface area contributed by atoms with E-state index in [-0.39, 0.29) is 0 Å². The molecule has 0 unspecified atom stereocenters. The average Bonchev–Trinajstić information content (AvgIpc) is 2.87. The number of nitrogens with zero attached hydrogens (tertiary/aromatic N) is 2. The Hall–Kier alpha value is -1.72. The summed E-state index contributed by atoms with van der Waals surface area (Å²) in [4.78, 5) is 0. The predicted molar refractivity (Wildman–Crippen MR) is 78.5 cm³/mol. The van der Waals surface area contributed by atoms with Crippen LogP contribution in [0.15, 0.2) is 30.3 Å². The normalized spacial score (nSPS) is 11.1. The average molecular weight is 275 g/mol. The van der Waals surface area contributed by atoms with Crippen LogP contribution in [0.3, 0.4) is 0 Å². The van der Waals surface area contributed by atoms with Crippen LogP contribution in [-0.2, 0) is 6.54 Å². The molecular weight excluding hydrogens is 258 g/mol. The van der Waals surface area contributed by atoms with Gasteiger partial charge in [-0.25, -0.2) is 0 Å². The van der Waals surface area contributed by atoms with E-state index < -0.39 is 0 Å². The first-order valence-electron chi connectivity index (χ1n) is 6.26. The summed E-state index contributed by atoms with van der Waals surface area (Å²) in [5.41, 5.74) is 1.04. The lowest BCUT2D eigenvalue weighted by Crippen LogP contribution is -2.11. The second kappa shape index (κ2) is 7.01. The van der Waals surface area contributed by atoms with Crippen LogP contribution < -0.4 is 10.1 Å². The highest BCUT2D eigenvalue weighted by atomic mass is 32.1. The van der Waals surface area contributed by atoms with E-state index in [0.717, 1.165) is 29.4 Å². The van der Waals surface area contributed by atoms with Gasteiger partial charge in [-0.2, -0.15) is 0 Å². The number of hydrogen-bond acceptors (Lipinski definition) is 5. The van der Waals surface area contributed by atoms with Gasteiger partial charge in [-0.3, -0.25) is 0 Å². The van der Waals surface area contributed by atoms with Crippen LogP contribution in [0, 0.1) is 0 Å². The molecule has 100 valence electrons. The Labute approximate surface area is 117 Å². The molecule has 5 heteroatoms. The van der Waals surface area contributed by atoms with Gasteiger partial charge in [-0.05, 0) is 19.5 Å². The molecule has 4 nitrogen and oxygen atoms in total. The molecular formula is C14H17N3OS. The van der Waals surface area contributed by atoms with Crippen molar-refractivity contribution in [1.29, 1.82) is 0 Å². The minimum Gasteiger partial charge on any atom is -0.429 e. The molecule has 1 N–H and O–H groups in total. The Morgan fingerprint density at radius 1 is 1.32 bits per heavy atom. The van der Waals surface area contributed by atoms with Crippen molar-refractivity contribution in [2.45, 2.75) is 20.4 Å². The minimum atomic E-state index is 0.574. The topological polar surface area (TPSA) is 47.0 Å². The second-order valence-corrected chi connectivity index (χ2v) is 4.91. The first-order valence-corrected chi connectivity index (χ1v) is 7.07. The molecule has 1 aromatic heterocycles. The van der Waals surface area contributed by atoms with E-state index in [4.69, 9.17) is 4.74 Å². The molecule has 0 spiro atoms. The molecule has 0 bridgehead atoms. The van der Waals surface area contributed by atoms with Crippen LogP contribution in [-0.4, -0.2) is 16.7 Å². The van der Waals surface area contributed by atoms with Gasteiger partial charge in [0, 0.05) is 12.1 Å². The molecule has 0 aliphatic carbocycles. The Bertz CT molecular complexity index is 551. The third-order valence-corrected chi connectivity index (χ3v) is 3.24. The van der Waals surface area contributed by atoms with Gasteiger partial charge in [0.05, 0.1) is 0 Å². The molecule has 1 aromatic carbocycles. The van der Waals surface area contributed by atoms with Crippen molar-refractivity contribution < 1.29 is 4.74 Å². The van der Waals surface area contributed by atoms with Crippen LogP contribution >= 0.6 is 11.3 Å². The first kappa shape index (κ1) is 13.7. The van der Waals surface area contributed by atoms with Crippen molar-refractivity contribution in [2.24, 2.45) is 0 Å². The van der Waals surface area contributed by atoms with Gasteiger partial charge in [-0.1, -0.05) is 53.7 Å². The summed E-state index contributed by atoms with van der Waals surface area (Å²) in [6.07, 6.45) is 3.99. The van der Waals surface area contributed by atoms with Gasteiger partial charge >= 0.3 is 0 Å². The summed E-state index contributed by atoms with van der Waals surface area (Å²) in [6, 6.07) is 7.87. The standard InChI is InChI=1S/C14H17N3OS/c1-3-7-11-8-5-6-9-12(11)18-14-17-16-13(19-14)10-15-4-2/h3,5-9,15H,4,10H2,1-2H3/b7-3+. The maximum atomic E-state index is 5.79. The highest BCUT2D eigenvalue weighted by Crippen LogP contribution is 2.28. The molecule has 0 amide bonds. The Balaban J connectivity index is 2.10. The van der Waals surface area contributed by atoms with Gasteiger partial charge in [0.1, 0.15) is 10.8 Å². The van der Waals surface area contributed by atoms with E-state index in [1.165, 1.54) is 11.3 Å². The molecule has 19 heavy (non-hydrogen) atoms. The summed E-state index contributed by atoms with van der Waals surface area (Å²) < 4.78 is 5.79. The van der Waals surface area contributed by atoms with Crippen molar-refractivity contribution in [3.63, 3.8) is 0 Å².